The molecule has 3 fully saturated rings. The largest absolute Gasteiger partial charge is 0.367 e. The first-order valence-electron chi connectivity index (χ1n) is 9.99. The van der Waals surface area contributed by atoms with E-state index in [1.165, 1.54) is 12.8 Å². The van der Waals surface area contributed by atoms with Crippen molar-refractivity contribution in [3.05, 3.63) is 36.4 Å². The van der Waals surface area contributed by atoms with Crippen molar-refractivity contribution in [1.82, 2.24) is 9.97 Å². The average molecular weight is 366 g/mol. The Kier molecular flexibility index (Phi) is 4.49. The summed E-state index contributed by atoms with van der Waals surface area (Å²) >= 11 is 0. The van der Waals surface area contributed by atoms with E-state index in [2.05, 4.69) is 42.5 Å². The molecule has 3 aliphatic carbocycles. The van der Waals surface area contributed by atoms with Gasteiger partial charge in [-0.2, -0.15) is 9.97 Å². The molecule has 3 aliphatic rings. The third-order valence-corrected chi connectivity index (χ3v) is 6.76. The minimum atomic E-state index is 0.437. The van der Waals surface area contributed by atoms with E-state index in [4.69, 9.17) is 4.98 Å². The van der Waals surface area contributed by atoms with Crippen molar-refractivity contribution in [1.29, 1.82) is 0 Å². The van der Waals surface area contributed by atoms with Crippen LogP contribution in [0.3, 0.4) is 0 Å². The fraction of sp³-hybridized carbons (Fsp3) is 0.545. The molecule has 0 saturated heterocycles. The van der Waals surface area contributed by atoms with E-state index in [1.54, 1.807) is 0 Å². The van der Waals surface area contributed by atoms with Crippen molar-refractivity contribution in [2.45, 2.75) is 39.7 Å². The summed E-state index contributed by atoms with van der Waals surface area (Å²) < 4.78 is 0. The van der Waals surface area contributed by atoms with Crippen LogP contribution >= 0.6 is 0 Å². The zero-order valence-corrected chi connectivity index (χ0v) is 17.0. The fourth-order valence-electron chi connectivity index (χ4n) is 4.92. The summed E-state index contributed by atoms with van der Waals surface area (Å²) in [4.78, 5) is 11.5. The summed E-state index contributed by atoms with van der Waals surface area (Å²) in [6, 6.07) is 12.6. The molecule has 0 amide bonds. The van der Waals surface area contributed by atoms with Gasteiger partial charge in [-0.3, -0.25) is 0 Å². The van der Waals surface area contributed by atoms with Gasteiger partial charge in [0.1, 0.15) is 11.6 Å². The first kappa shape index (κ1) is 18.1. The van der Waals surface area contributed by atoms with Crippen LogP contribution in [0.1, 0.15) is 33.6 Å². The third-order valence-electron chi connectivity index (χ3n) is 6.76. The molecule has 27 heavy (non-hydrogen) atoms. The van der Waals surface area contributed by atoms with Crippen molar-refractivity contribution in [2.75, 3.05) is 29.6 Å². The van der Waals surface area contributed by atoms with Gasteiger partial charge in [-0.15, -0.1) is 0 Å². The molecule has 144 valence electrons. The summed E-state index contributed by atoms with van der Waals surface area (Å²) in [7, 11) is 4.03. The van der Waals surface area contributed by atoms with Crippen molar-refractivity contribution in [3.63, 3.8) is 0 Å². The number of hydrogen-bond donors (Lipinski definition) is 2. The average Bonchev–Trinajstić information content (AvgIpc) is 2.63. The van der Waals surface area contributed by atoms with Crippen molar-refractivity contribution in [3.8, 4) is 0 Å². The highest BCUT2D eigenvalue weighted by Gasteiger charge is 2.56. The summed E-state index contributed by atoms with van der Waals surface area (Å²) in [5.74, 6) is 4.71. The van der Waals surface area contributed by atoms with Crippen LogP contribution < -0.4 is 15.5 Å². The second kappa shape index (κ2) is 6.70. The van der Waals surface area contributed by atoms with E-state index in [-0.39, 0.29) is 0 Å². The van der Waals surface area contributed by atoms with Gasteiger partial charge >= 0.3 is 0 Å². The first-order valence-corrected chi connectivity index (χ1v) is 9.99. The molecule has 0 spiro atoms. The van der Waals surface area contributed by atoms with Crippen LogP contribution in [0, 0.1) is 23.2 Å². The Bertz CT molecular complexity index is 802. The lowest BCUT2D eigenvalue weighted by molar-refractivity contribution is -0.0951. The Morgan fingerprint density at radius 1 is 1.07 bits per heavy atom. The molecule has 4 atom stereocenters. The Hall–Kier alpha value is -2.30. The zero-order chi connectivity index (χ0) is 19.2. The number of fused-ring (bicyclic) bond motifs is 2. The van der Waals surface area contributed by atoms with Crippen LogP contribution in [-0.4, -0.2) is 30.1 Å². The number of nitrogens with one attached hydrogen (secondary N) is 2. The highest BCUT2D eigenvalue weighted by molar-refractivity contribution is 5.59. The lowest BCUT2D eigenvalue weighted by Crippen LogP contribution is -2.60. The van der Waals surface area contributed by atoms with Gasteiger partial charge in [-0.1, -0.05) is 39.0 Å². The number of rotatable bonds is 5. The number of nitrogens with zero attached hydrogens (tertiary/aromatic N) is 3. The molecule has 0 radical (unpaired) electrons. The predicted molar refractivity (Wildman–Crippen MR) is 113 cm³/mol. The Morgan fingerprint density at radius 3 is 2.48 bits per heavy atom. The minimum absolute atomic E-state index is 0.437. The van der Waals surface area contributed by atoms with Gasteiger partial charge in [0.25, 0.3) is 0 Å². The maximum absolute atomic E-state index is 4.78. The molecule has 2 N–H and O–H groups in total. The monoisotopic (exact) mass is 365 g/mol. The molecule has 2 aromatic rings. The van der Waals surface area contributed by atoms with Gasteiger partial charge in [-0.05, 0) is 48.1 Å². The smallest absolute Gasteiger partial charge is 0.231 e. The number of hydrogen-bond acceptors (Lipinski definition) is 5. The van der Waals surface area contributed by atoms with E-state index in [9.17, 15) is 0 Å². The standard InChI is InChI=1S/C22H31N5/c1-14-11-15-12-17(22(15,2)3)20(14)24-18-13-19(27(4)5)26-21(25-18)23-16-9-7-6-8-10-16/h6-10,13-15,17,20H,11-12H2,1-5H3,(H2,23,24,25,26). The van der Waals surface area contributed by atoms with Crippen molar-refractivity contribution >= 4 is 23.3 Å². The van der Waals surface area contributed by atoms with Crippen LogP contribution in [-0.2, 0) is 0 Å². The minimum Gasteiger partial charge on any atom is -0.367 e. The second-order valence-electron chi connectivity index (χ2n) is 9.06. The summed E-state index contributed by atoms with van der Waals surface area (Å²) in [5, 5.41) is 7.11. The van der Waals surface area contributed by atoms with E-state index in [0.717, 1.165) is 29.2 Å². The normalized spacial score (nSPS) is 28.2. The van der Waals surface area contributed by atoms with Crippen LogP contribution in [0.15, 0.2) is 36.4 Å². The first-order chi connectivity index (χ1) is 12.8. The quantitative estimate of drug-likeness (QED) is 0.799. The van der Waals surface area contributed by atoms with E-state index < -0.39 is 0 Å². The van der Waals surface area contributed by atoms with Crippen LogP contribution in [0.25, 0.3) is 0 Å². The van der Waals surface area contributed by atoms with E-state index in [1.807, 2.05) is 49.3 Å². The molecule has 5 rings (SSSR count). The van der Waals surface area contributed by atoms with E-state index >= 15 is 0 Å². The molecule has 1 aromatic heterocycles. The Labute approximate surface area is 162 Å². The Morgan fingerprint density at radius 2 is 1.81 bits per heavy atom. The van der Waals surface area contributed by atoms with Gasteiger partial charge in [-0.25, -0.2) is 0 Å². The Balaban J connectivity index is 1.60. The maximum Gasteiger partial charge on any atom is 0.231 e. The molecular formula is C22H31N5. The third kappa shape index (κ3) is 3.35. The fourth-order valence-corrected chi connectivity index (χ4v) is 4.92. The van der Waals surface area contributed by atoms with Crippen LogP contribution in [0.2, 0.25) is 0 Å². The van der Waals surface area contributed by atoms with Crippen LogP contribution in [0.5, 0.6) is 0 Å². The summed E-state index contributed by atoms with van der Waals surface area (Å²) in [6.07, 6.45) is 2.65. The summed E-state index contributed by atoms with van der Waals surface area (Å²) in [5.41, 5.74) is 1.43. The second-order valence-corrected chi connectivity index (χ2v) is 9.06. The summed E-state index contributed by atoms with van der Waals surface area (Å²) in [6.45, 7) is 7.24. The lowest BCUT2D eigenvalue weighted by atomic mass is 9.45. The van der Waals surface area contributed by atoms with Crippen LogP contribution in [0.4, 0.5) is 23.3 Å². The molecule has 3 saturated carbocycles. The van der Waals surface area contributed by atoms with Gasteiger partial charge in [0.2, 0.25) is 5.95 Å². The number of anilines is 4. The van der Waals surface area contributed by atoms with Crippen molar-refractivity contribution < 1.29 is 0 Å². The van der Waals surface area contributed by atoms with Gasteiger partial charge in [0.05, 0.1) is 0 Å². The molecular weight excluding hydrogens is 334 g/mol. The van der Waals surface area contributed by atoms with Gasteiger partial charge in [0.15, 0.2) is 0 Å². The molecule has 5 nitrogen and oxygen atoms in total. The lowest BCUT2D eigenvalue weighted by Gasteiger charge is -2.62. The molecule has 2 bridgehead atoms. The molecule has 0 aliphatic heterocycles. The molecule has 1 aromatic carbocycles. The number of para-hydroxylation sites is 1. The molecule has 4 unspecified atom stereocenters. The maximum atomic E-state index is 4.78. The topological polar surface area (TPSA) is 53.1 Å². The van der Waals surface area contributed by atoms with Crippen molar-refractivity contribution in [2.24, 2.45) is 23.2 Å². The van der Waals surface area contributed by atoms with E-state index in [0.29, 0.717) is 23.3 Å². The SMILES string of the molecule is CC1CC2CC(C1Nc1cc(N(C)C)nc(Nc3ccccc3)n1)C2(C)C. The van der Waals surface area contributed by atoms with Gasteiger partial charge in [0, 0.05) is 31.9 Å². The number of benzene rings is 1. The highest BCUT2D eigenvalue weighted by Crippen LogP contribution is 2.61. The highest BCUT2D eigenvalue weighted by atomic mass is 15.2. The number of aromatic nitrogens is 2. The predicted octanol–water partition coefficient (Wildman–Crippen LogP) is 4.77. The van der Waals surface area contributed by atoms with Gasteiger partial charge < -0.3 is 15.5 Å². The zero-order valence-electron chi connectivity index (χ0n) is 17.0. The molecule has 1 heterocycles. The molecule has 5 heteroatoms.